The first kappa shape index (κ1) is 15.4. The standard InChI is InChI=1S/C10H7BrF3NO4/c11-4-3-8(16)6-1-2-9(19-10(12,13)14)7(5-6)15(17)18/h1-2,5H,3-4H2. The summed E-state index contributed by atoms with van der Waals surface area (Å²) in [5.74, 6) is -1.37. The van der Waals surface area contributed by atoms with E-state index in [0.717, 1.165) is 18.2 Å². The zero-order valence-corrected chi connectivity index (χ0v) is 10.8. The van der Waals surface area contributed by atoms with Crippen LogP contribution in [-0.2, 0) is 0 Å². The number of nitrogens with zero attached hydrogens (tertiary/aromatic N) is 1. The van der Waals surface area contributed by atoms with Crippen LogP contribution in [0.3, 0.4) is 0 Å². The number of benzene rings is 1. The molecular weight excluding hydrogens is 335 g/mol. The molecule has 5 nitrogen and oxygen atoms in total. The minimum atomic E-state index is -5.04. The summed E-state index contributed by atoms with van der Waals surface area (Å²) in [5.41, 5.74) is -0.946. The zero-order valence-electron chi connectivity index (χ0n) is 9.24. The highest BCUT2D eigenvalue weighted by Crippen LogP contribution is 2.32. The lowest BCUT2D eigenvalue weighted by Gasteiger charge is -2.09. The molecule has 1 rings (SSSR count). The second kappa shape index (κ2) is 6.00. The summed E-state index contributed by atoms with van der Waals surface area (Å²) in [7, 11) is 0. The van der Waals surface area contributed by atoms with E-state index in [4.69, 9.17) is 0 Å². The summed E-state index contributed by atoms with van der Waals surface area (Å²) in [4.78, 5) is 21.1. The molecule has 0 aliphatic carbocycles. The first-order valence-electron chi connectivity index (χ1n) is 4.88. The van der Waals surface area contributed by atoms with Gasteiger partial charge in [-0.2, -0.15) is 0 Å². The second-order valence-electron chi connectivity index (χ2n) is 3.35. The summed E-state index contributed by atoms with van der Waals surface area (Å²) >= 11 is 3.02. The molecule has 0 saturated carbocycles. The molecule has 0 spiro atoms. The molecule has 0 aromatic heterocycles. The summed E-state index contributed by atoms with van der Waals surface area (Å²) in [6.07, 6.45) is -4.96. The Morgan fingerprint density at radius 2 is 2.05 bits per heavy atom. The van der Waals surface area contributed by atoms with E-state index in [1.807, 2.05) is 0 Å². The van der Waals surface area contributed by atoms with E-state index in [1.165, 1.54) is 0 Å². The van der Waals surface area contributed by atoms with E-state index in [-0.39, 0.29) is 12.0 Å². The molecule has 0 aliphatic rings. The summed E-state index contributed by atoms with van der Waals surface area (Å²) < 4.78 is 39.7. The van der Waals surface area contributed by atoms with Crippen molar-refractivity contribution in [2.24, 2.45) is 0 Å². The van der Waals surface area contributed by atoms with Gasteiger partial charge in [-0.25, -0.2) is 0 Å². The number of hydrogen-bond acceptors (Lipinski definition) is 4. The van der Waals surface area contributed by atoms with Gasteiger partial charge in [0.25, 0.3) is 0 Å². The van der Waals surface area contributed by atoms with Gasteiger partial charge in [0.2, 0.25) is 5.75 Å². The average Bonchev–Trinajstić information content (AvgIpc) is 2.27. The van der Waals surface area contributed by atoms with E-state index >= 15 is 0 Å². The lowest BCUT2D eigenvalue weighted by atomic mass is 10.1. The molecule has 0 N–H and O–H groups in total. The monoisotopic (exact) mass is 341 g/mol. The maximum absolute atomic E-state index is 12.0. The van der Waals surface area contributed by atoms with Crippen molar-refractivity contribution in [2.45, 2.75) is 12.8 Å². The minimum absolute atomic E-state index is 0.0410. The van der Waals surface area contributed by atoms with Crippen molar-refractivity contribution < 1.29 is 27.6 Å². The zero-order chi connectivity index (χ0) is 14.6. The molecular formula is C10H7BrF3NO4. The molecule has 19 heavy (non-hydrogen) atoms. The first-order chi connectivity index (χ1) is 8.74. The highest BCUT2D eigenvalue weighted by atomic mass is 79.9. The molecule has 0 heterocycles. The molecule has 0 unspecified atom stereocenters. The quantitative estimate of drug-likeness (QED) is 0.356. The maximum atomic E-state index is 12.0. The number of carbonyl (C=O) groups excluding carboxylic acids is 1. The Bertz CT molecular complexity index is 504. The lowest BCUT2D eigenvalue weighted by Crippen LogP contribution is -2.18. The van der Waals surface area contributed by atoms with E-state index in [2.05, 4.69) is 20.7 Å². The summed E-state index contributed by atoms with van der Waals surface area (Å²) in [6.45, 7) is 0. The van der Waals surface area contributed by atoms with Gasteiger partial charge in [-0.3, -0.25) is 14.9 Å². The van der Waals surface area contributed by atoms with Gasteiger partial charge in [-0.15, -0.1) is 13.2 Å². The molecule has 0 amide bonds. The van der Waals surface area contributed by atoms with Crippen molar-refractivity contribution >= 4 is 27.4 Å². The fourth-order valence-corrected chi connectivity index (χ4v) is 1.63. The third-order valence-corrected chi connectivity index (χ3v) is 2.42. The number of ketones is 1. The van der Waals surface area contributed by atoms with Crippen molar-refractivity contribution in [1.29, 1.82) is 0 Å². The molecule has 0 fully saturated rings. The van der Waals surface area contributed by atoms with Crippen LogP contribution in [0, 0.1) is 10.1 Å². The van der Waals surface area contributed by atoms with Crippen molar-refractivity contribution in [3.63, 3.8) is 0 Å². The van der Waals surface area contributed by atoms with E-state index in [0.29, 0.717) is 5.33 Å². The Morgan fingerprint density at radius 1 is 1.42 bits per heavy atom. The Morgan fingerprint density at radius 3 is 2.53 bits per heavy atom. The summed E-state index contributed by atoms with van der Waals surface area (Å²) in [6, 6.07) is 2.58. The van der Waals surface area contributed by atoms with Gasteiger partial charge >= 0.3 is 12.0 Å². The first-order valence-corrected chi connectivity index (χ1v) is 6.00. The number of hydrogen-bond donors (Lipinski definition) is 0. The van der Waals surface area contributed by atoms with Crippen molar-refractivity contribution in [3.05, 3.63) is 33.9 Å². The Labute approximate surface area is 113 Å². The van der Waals surface area contributed by atoms with Crippen molar-refractivity contribution in [1.82, 2.24) is 0 Å². The number of rotatable bonds is 5. The van der Waals surface area contributed by atoms with Crippen molar-refractivity contribution in [3.8, 4) is 5.75 Å². The fourth-order valence-electron chi connectivity index (χ4n) is 1.27. The van der Waals surface area contributed by atoms with Gasteiger partial charge in [0.15, 0.2) is 5.78 Å². The van der Waals surface area contributed by atoms with Crippen LogP contribution in [0.2, 0.25) is 0 Å². The van der Waals surface area contributed by atoms with Crippen LogP contribution in [0.5, 0.6) is 5.75 Å². The van der Waals surface area contributed by atoms with Crippen LogP contribution in [0.1, 0.15) is 16.8 Å². The second-order valence-corrected chi connectivity index (χ2v) is 4.14. The van der Waals surface area contributed by atoms with E-state index in [1.54, 1.807) is 0 Å². The Hall–Kier alpha value is -1.64. The molecule has 9 heteroatoms. The van der Waals surface area contributed by atoms with Crippen LogP contribution in [0.25, 0.3) is 0 Å². The molecule has 0 aliphatic heterocycles. The largest absolute Gasteiger partial charge is 0.573 e. The average molecular weight is 342 g/mol. The number of nitro groups is 1. The topological polar surface area (TPSA) is 69.4 Å². The Balaban J connectivity index is 3.15. The predicted molar refractivity (Wildman–Crippen MR) is 62.5 cm³/mol. The smallest absolute Gasteiger partial charge is 0.398 e. The van der Waals surface area contributed by atoms with Gasteiger partial charge in [-0.1, -0.05) is 15.9 Å². The van der Waals surface area contributed by atoms with E-state index < -0.39 is 28.5 Å². The van der Waals surface area contributed by atoms with Crippen molar-refractivity contribution in [2.75, 3.05) is 5.33 Å². The number of Topliss-reactive ketones (excluding diaryl/α,β-unsaturated/α-hetero) is 1. The predicted octanol–water partition coefficient (Wildman–Crippen LogP) is 3.46. The molecule has 0 radical (unpaired) electrons. The van der Waals surface area contributed by atoms with Crippen LogP contribution in [0.4, 0.5) is 18.9 Å². The maximum Gasteiger partial charge on any atom is 0.573 e. The number of nitro benzene ring substituents is 1. The third kappa shape index (κ3) is 4.51. The van der Waals surface area contributed by atoms with Crippen LogP contribution in [0.15, 0.2) is 18.2 Å². The van der Waals surface area contributed by atoms with Crippen LogP contribution >= 0.6 is 15.9 Å². The number of halogens is 4. The SMILES string of the molecule is O=C(CCBr)c1ccc(OC(F)(F)F)c([N+](=O)[O-])c1. The normalized spacial score (nSPS) is 11.2. The van der Waals surface area contributed by atoms with Gasteiger partial charge in [0.05, 0.1) is 4.92 Å². The molecule has 0 saturated heterocycles. The van der Waals surface area contributed by atoms with Crippen LogP contribution in [-0.4, -0.2) is 22.4 Å². The van der Waals surface area contributed by atoms with E-state index in [9.17, 15) is 28.1 Å². The third-order valence-electron chi connectivity index (χ3n) is 2.02. The minimum Gasteiger partial charge on any atom is -0.398 e. The number of ether oxygens (including phenoxy) is 1. The fraction of sp³-hybridized carbons (Fsp3) is 0.300. The molecule has 1 aromatic carbocycles. The van der Waals surface area contributed by atoms with Crippen LogP contribution < -0.4 is 4.74 Å². The molecule has 0 atom stereocenters. The lowest BCUT2D eigenvalue weighted by molar-refractivity contribution is -0.388. The molecule has 0 bridgehead atoms. The number of carbonyl (C=O) groups is 1. The highest BCUT2D eigenvalue weighted by molar-refractivity contribution is 9.09. The molecule has 1 aromatic rings. The Kier molecular flexibility index (Phi) is 4.87. The number of alkyl halides is 4. The summed E-state index contributed by atoms with van der Waals surface area (Å²) in [5, 5.41) is 11.0. The highest BCUT2D eigenvalue weighted by Gasteiger charge is 2.34. The van der Waals surface area contributed by atoms with Gasteiger partial charge < -0.3 is 4.74 Å². The van der Waals surface area contributed by atoms with Gasteiger partial charge in [0.1, 0.15) is 0 Å². The van der Waals surface area contributed by atoms with Gasteiger partial charge in [-0.05, 0) is 12.1 Å². The van der Waals surface area contributed by atoms with Gasteiger partial charge in [0, 0.05) is 23.4 Å². The molecule has 104 valence electrons.